The van der Waals surface area contributed by atoms with Gasteiger partial charge < -0.3 is 14.8 Å². The first-order valence-electron chi connectivity index (χ1n) is 12.6. The average Bonchev–Trinajstić information content (AvgIpc) is 3.52. The lowest BCUT2D eigenvalue weighted by Gasteiger charge is -2.25. The second kappa shape index (κ2) is 12.2. The van der Waals surface area contributed by atoms with Crippen molar-refractivity contribution in [3.63, 3.8) is 0 Å². The summed E-state index contributed by atoms with van der Waals surface area (Å²) in [5.74, 6) is -0.613. The Balaban J connectivity index is 1.64. The summed E-state index contributed by atoms with van der Waals surface area (Å²) < 4.78 is 106. The van der Waals surface area contributed by atoms with Crippen LogP contribution in [0.2, 0.25) is 0 Å². The van der Waals surface area contributed by atoms with Gasteiger partial charge in [0.15, 0.2) is 11.5 Å². The van der Waals surface area contributed by atoms with Crippen molar-refractivity contribution < 1.29 is 44.3 Å². The van der Waals surface area contributed by atoms with E-state index in [9.17, 15) is 34.8 Å². The van der Waals surface area contributed by atoms with Crippen LogP contribution in [0.15, 0.2) is 76.5 Å². The molecule has 10 nitrogen and oxygen atoms in total. The van der Waals surface area contributed by atoms with Gasteiger partial charge in [-0.3, -0.25) is 9.10 Å². The summed E-state index contributed by atoms with van der Waals surface area (Å²) in [7, 11) is -5.67. The lowest BCUT2D eigenvalue weighted by atomic mass is 10.2. The number of hydrogen-bond donors (Lipinski definition) is 1. The Hall–Kier alpha value is -3.82. The van der Waals surface area contributed by atoms with Crippen molar-refractivity contribution in [2.24, 2.45) is 0 Å². The Kier molecular flexibility index (Phi) is 9.03. The second-order valence-corrected chi connectivity index (χ2v) is 13.1. The van der Waals surface area contributed by atoms with Crippen molar-refractivity contribution in [2.45, 2.75) is 28.8 Å². The number of nitrogens with zero attached hydrogens (tertiary/aromatic N) is 2. The van der Waals surface area contributed by atoms with Gasteiger partial charge in [-0.1, -0.05) is 6.07 Å². The number of carbonyl (C=O) groups excluding carboxylic acids is 1. The molecule has 0 spiro atoms. The monoisotopic (exact) mass is 627 g/mol. The minimum atomic E-state index is -4.77. The van der Waals surface area contributed by atoms with Gasteiger partial charge in [-0.15, -0.1) is 0 Å². The van der Waals surface area contributed by atoms with Gasteiger partial charge in [0.1, 0.15) is 6.54 Å². The highest BCUT2D eigenvalue weighted by Crippen LogP contribution is 2.35. The summed E-state index contributed by atoms with van der Waals surface area (Å²) in [6, 6.07) is 12.5. The van der Waals surface area contributed by atoms with E-state index in [2.05, 4.69) is 5.32 Å². The molecule has 0 aromatic heterocycles. The van der Waals surface area contributed by atoms with Crippen LogP contribution in [-0.2, 0) is 31.0 Å². The van der Waals surface area contributed by atoms with Crippen LogP contribution in [0.3, 0.4) is 0 Å². The molecule has 0 bridgehead atoms. The number of ether oxygens (including phenoxy) is 2. The summed E-state index contributed by atoms with van der Waals surface area (Å²) in [5.41, 5.74) is -1.35. The molecule has 3 aromatic rings. The summed E-state index contributed by atoms with van der Waals surface area (Å²) >= 11 is 0. The summed E-state index contributed by atoms with van der Waals surface area (Å²) in [6.45, 7) is -0.0622. The lowest BCUT2D eigenvalue weighted by Crippen LogP contribution is -2.38. The highest BCUT2D eigenvalue weighted by Gasteiger charge is 2.34. The predicted molar refractivity (Wildman–Crippen MR) is 149 cm³/mol. The lowest BCUT2D eigenvalue weighted by molar-refractivity contribution is -0.137. The Morgan fingerprint density at radius 1 is 0.881 bits per heavy atom. The van der Waals surface area contributed by atoms with E-state index in [0.717, 1.165) is 37.1 Å². The molecule has 1 heterocycles. The average molecular weight is 628 g/mol. The van der Waals surface area contributed by atoms with Crippen molar-refractivity contribution in [3.8, 4) is 11.5 Å². The molecule has 1 aliphatic heterocycles. The maximum atomic E-state index is 13.7. The zero-order chi connectivity index (χ0) is 30.7. The molecule has 0 saturated carbocycles. The maximum Gasteiger partial charge on any atom is 0.416 e. The van der Waals surface area contributed by atoms with Gasteiger partial charge in [-0.2, -0.15) is 17.5 Å². The van der Waals surface area contributed by atoms with Crippen LogP contribution in [0.1, 0.15) is 18.4 Å². The number of carbonyl (C=O) groups is 1. The molecule has 0 radical (unpaired) electrons. The Morgan fingerprint density at radius 3 is 2.10 bits per heavy atom. The van der Waals surface area contributed by atoms with Crippen LogP contribution in [0.4, 0.5) is 24.5 Å². The number of hydrogen-bond acceptors (Lipinski definition) is 7. The van der Waals surface area contributed by atoms with Gasteiger partial charge in [-0.05, 0) is 67.4 Å². The largest absolute Gasteiger partial charge is 0.493 e. The number of nitrogens with one attached hydrogen (secondary N) is 1. The van der Waals surface area contributed by atoms with E-state index < -0.39 is 49.9 Å². The van der Waals surface area contributed by atoms with Gasteiger partial charge in [0, 0.05) is 24.8 Å². The number of amides is 1. The molecule has 226 valence electrons. The van der Waals surface area contributed by atoms with E-state index in [1.807, 2.05) is 0 Å². The Morgan fingerprint density at radius 2 is 1.50 bits per heavy atom. The number of alkyl halides is 3. The highest BCUT2D eigenvalue weighted by atomic mass is 32.2. The standard InChI is InChI=1S/C27H28F3N3O7S2/c1-39-24-13-12-23(17-25(24)40-2)42(37,38)33(21-7-5-6-19(16-21)27(28,29)30)18-26(34)31-20-8-10-22(11-9-20)41(35,36)32-14-3-4-15-32/h5-13,16-17H,3-4,14-15,18H2,1-2H3,(H,31,34). The first kappa shape index (κ1) is 31.1. The number of methoxy groups -OCH3 is 2. The third kappa shape index (κ3) is 6.63. The minimum absolute atomic E-state index is 0.0315. The molecular formula is C27H28F3N3O7S2. The van der Waals surface area contributed by atoms with Crippen molar-refractivity contribution in [3.05, 3.63) is 72.3 Å². The fraction of sp³-hybridized carbons (Fsp3) is 0.296. The van der Waals surface area contributed by atoms with Crippen LogP contribution < -0.4 is 19.1 Å². The number of rotatable bonds is 10. The number of benzene rings is 3. The predicted octanol–water partition coefficient (Wildman–Crippen LogP) is 4.34. The molecule has 0 unspecified atom stereocenters. The van der Waals surface area contributed by atoms with Gasteiger partial charge >= 0.3 is 6.18 Å². The number of anilines is 2. The topological polar surface area (TPSA) is 122 Å². The third-order valence-corrected chi connectivity index (χ3v) is 10.2. The van der Waals surface area contributed by atoms with Gasteiger partial charge in [-0.25, -0.2) is 16.8 Å². The SMILES string of the molecule is COc1ccc(S(=O)(=O)N(CC(=O)Nc2ccc(S(=O)(=O)N3CCCC3)cc2)c2cccc(C(F)(F)F)c2)cc1OC. The summed E-state index contributed by atoms with van der Waals surface area (Å²) in [5, 5.41) is 2.48. The second-order valence-electron chi connectivity index (χ2n) is 9.26. The Labute approximate surface area is 241 Å². The minimum Gasteiger partial charge on any atom is -0.493 e. The van der Waals surface area contributed by atoms with E-state index in [1.54, 1.807) is 0 Å². The summed E-state index contributed by atoms with van der Waals surface area (Å²) in [4.78, 5) is 12.7. The van der Waals surface area contributed by atoms with Crippen molar-refractivity contribution in [2.75, 3.05) is 43.5 Å². The number of halogens is 3. The fourth-order valence-corrected chi connectivity index (χ4v) is 7.32. The zero-order valence-corrected chi connectivity index (χ0v) is 24.2. The van der Waals surface area contributed by atoms with Gasteiger partial charge in [0.25, 0.3) is 10.0 Å². The zero-order valence-electron chi connectivity index (χ0n) is 22.6. The fourth-order valence-electron chi connectivity index (χ4n) is 4.38. The Bertz CT molecular complexity index is 1660. The van der Waals surface area contributed by atoms with Crippen molar-refractivity contribution in [1.29, 1.82) is 0 Å². The van der Waals surface area contributed by atoms with E-state index in [1.165, 1.54) is 54.9 Å². The van der Waals surface area contributed by atoms with E-state index in [4.69, 9.17) is 9.47 Å². The van der Waals surface area contributed by atoms with E-state index in [-0.39, 0.29) is 27.0 Å². The van der Waals surface area contributed by atoms with Crippen LogP contribution in [-0.4, -0.2) is 60.9 Å². The van der Waals surface area contributed by atoms with E-state index >= 15 is 0 Å². The molecule has 1 N–H and O–H groups in total. The molecule has 4 rings (SSSR count). The molecule has 1 fully saturated rings. The maximum absolute atomic E-state index is 13.7. The smallest absolute Gasteiger partial charge is 0.416 e. The van der Waals surface area contributed by atoms with Crippen LogP contribution in [0.5, 0.6) is 11.5 Å². The first-order valence-corrected chi connectivity index (χ1v) is 15.5. The molecule has 0 atom stereocenters. The molecule has 15 heteroatoms. The quantitative estimate of drug-likeness (QED) is 0.355. The molecule has 42 heavy (non-hydrogen) atoms. The van der Waals surface area contributed by atoms with Gasteiger partial charge in [0.05, 0.1) is 35.3 Å². The third-order valence-electron chi connectivity index (χ3n) is 6.53. The molecule has 1 amide bonds. The number of sulfonamides is 2. The van der Waals surface area contributed by atoms with Crippen molar-refractivity contribution >= 4 is 37.3 Å². The highest BCUT2D eigenvalue weighted by molar-refractivity contribution is 7.92. The van der Waals surface area contributed by atoms with Crippen LogP contribution >= 0.6 is 0 Å². The van der Waals surface area contributed by atoms with E-state index in [0.29, 0.717) is 23.5 Å². The molecule has 1 saturated heterocycles. The molecule has 0 aliphatic carbocycles. The normalized spacial score (nSPS) is 14.4. The molecule has 3 aromatic carbocycles. The van der Waals surface area contributed by atoms with Crippen LogP contribution in [0.25, 0.3) is 0 Å². The van der Waals surface area contributed by atoms with Crippen LogP contribution in [0, 0.1) is 0 Å². The van der Waals surface area contributed by atoms with Crippen molar-refractivity contribution in [1.82, 2.24) is 4.31 Å². The summed E-state index contributed by atoms with van der Waals surface area (Å²) in [6.07, 6.45) is -3.24. The molecule has 1 aliphatic rings. The van der Waals surface area contributed by atoms with Gasteiger partial charge in [0.2, 0.25) is 15.9 Å². The molecular weight excluding hydrogens is 599 g/mol. The first-order chi connectivity index (χ1) is 19.8.